The molecular formula is C16H17N3O4S. The van der Waals surface area contributed by atoms with Gasteiger partial charge in [0.2, 0.25) is 5.91 Å². The summed E-state index contributed by atoms with van der Waals surface area (Å²) in [4.78, 5) is 17.9. The van der Waals surface area contributed by atoms with Crippen LogP contribution in [0.1, 0.15) is 12.2 Å². The molecule has 24 heavy (non-hydrogen) atoms. The van der Waals surface area contributed by atoms with E-state index >= 15 is 0 Å². The molecule has 0 saturated heterocycles. The second kappa shape index (κ2) is 6.56. The van der Waals surface area contributed by atoms with E-state index in [1.165, 1.54) is 10.3 Å². The first kappa shape index (κ1) is 16.4. The molecule has 0 unspecified atom stereocenters. The molecule has 1 atom stereocenters. The molecule has 1 amide bonds. The Morgan fingerprint density at radius 2 is 2.21 bits per heavy atom. The summed E-state index contributed by atoms with van der Waals surface area (Å²) in [6, 6.07) is 7.24. The van der Waals surface area contributed by atoms with Crippen molar-refractivity contribution >= 4 is 15.7 Å². The van der Waals surface area contributed by atoms with Gasteiger partial charge in [-0.05, 0) is 12.1 Å². The van der Waals surface area contributed by atoms with Gasteiger partial charge in [-0.2, -0.15) is 0 Å². The van der Waals surface area contributed by atoms with Crippen molar-refractivity contribution in [3.8, 4) is 11.4 Å². The Bertz CT molecular complexity index is 858. The van der Waals surface area contributed by atoms with Gasteiger partial charge in [-0.15, -0.1) is 0 Å². The van der Waals surface area contributed by atoms with Crippen LogP contribution in [0, 0.1) is 5.92 Å². The average molecular weight is 347 g/mol. The molecule has 3 rings (SSSR count). The summed E-state index contributed by atoms with van der Waals surface area (Å²) in [5.74, 6) is 0.140. The molecule has 0 bridgehead atoms. The summed E-state index contributed by atoms with van der Waals surface area (Å²) in [7, 11) is -1.49. The van der Waals surface area contributed by atoms with Gasteiger partial charge in [0.15, 0.2) is 15.6 Å². The second-order valence-corrected chi connectivity index (χ2v) is 7.70. The van der Waals surface area contributed by atoms with Crippen molar-refractivity contribution in [1.29, 1.82) is 0 Å². The third-order valence-electron chi connectivity index (χ3n) is 3.75. The van der Waals surface area contributed by atoms with Gasteiger partial charge in [0.1, 0.15) is 5.69 Å². The second-order valence-electron chi connectivity index (χ2n) is 5.77. The Hall–Kier alpha value is -2.48. The van der Waals surface area contributed by atoms with Crippen LogP contribution >= 0.6 is 0 Å². The number of allylic oxidation sites excluding steroid dienone is 1. The van der Waals surface area contributed by atoms with Crippen molar-refractivity contribution in [1.82, 2.24) is 15.0 Å². The van der Waals surface area contributed by atoms with Crippen LogP contribution in [0.2, 0.25) is 0 Å². The summed E-state index contributed by atoms with van der Waals surface area (Å²) in [5, 5.41) is 5.14. The number of carbonyl (C=O) groups is 1. The minimum absolute atomic E-state index is 0.00128. The number of hydrogen-bond donors (Lipinski definition) is 0. The lowest BCUT2D eigenvalue weighted by molar-refractivity contribution is -0.131. The SMILES string of the molecule is CN(Cc1cc(-c2ccccn2)no1)C(=O)C[C@@H]1C=CS(=O)(=O)C1. The summed E-state index contributed by atoms with van der Waals surface area (Å²) >= 11 is 0. The maximum absolute atomic E-state index is 12.2. The van der Waals surface area contributed by atoms with Gasteiger partial charge >= 0.3 is 0 Å². The Balaban J connectivity index is 1.59. The number of pyridine rings is 1. The number of carbonyl (C=O) groups excluding carboxylic acids is 1. The fourth-order valence-corrected chi connectivity index (χ4v) is 3.89. The molecule has 0 saturated carbocycles. The fraction of sp³-hybridized carbons (Fsp3) is 0.312. The molecular weight excluding hydrogens is 330 g/mol. The molecule has 2 aromatic rings. The molecule has 8 heteroatoms. The lowest BCUT2D eigenvalue weighted by Crippen LogP contribution is -2.28. The number of amides is 1. The Kier molecular flexibility index (Phi) is 4.48. The Labute approximate surface area is 139 Å². The largest absolute Gasteiger partial charge is 0.359 e. The van der Waals surface area contributed by atoms with Crippen molar-refractivity contribution in [3.05, 3.63) is 47.7 Å². The van der Waals surface area contributed by atoms with Gasteiger partial charge in [-0.25, -0.2) is 8.42 Å². The van der Waals surface area contributed by atoms with Crippen LogP contribution in [0.3, 0.4) is 0 Å². The predicted octanol–water partition coefficient (Wildman–Crippen LogP) is 1.64. The monoisotopic (exact) mass is 347 g/mol. The molecule has 7 nitrogen and oxygen atoms in total. The van der Waals surface area contributed by atoms with E-state index in [2.05, 4.69) is 10.1 Å². The summed E-state index contributed by atoms with van der Waals surface area (Å²) in [6.07, 6.45) is 3.41. The molecule has 0 spiro atoms. The van der Waals surface area contributed by atoms with E-state index in [9.17, 15) is 13.2 Å². The number of rotatable bonds is 5. The minimum atomic E-state index is -3.14. The third-order valence-corrected chi connectivity index (χ3v) is 5.21. The van der Waals surface area contributed by atoms with Gasteiger partial charge in [-0.3, -0.25) is 9.78 Å². The summed E-state index contributed by atoms with van der Waals surface area (Å²) in [6.45, 7) is 0.266. The van der Waals surface area contributed by atoms with E-state index in [0.29, 0.717) is 17.1 Å². The zero-order chi connectivity index (χ0) is 17.2. The molecule has 0 fully saturated rings. The lowest BCUT2D eigenvalue weighted by Gasteiger charge is -2.16. The van der Waals surface area contributed by atoms with Crippen molar-refractivity contribution < 1.29 is 17.7 Å². The molecule has 0 N–H and O–H groups in total. The first-order chi connectivity index (χ1) is 11.4. The van der Waals surface area contributed by atoms with Crippen LogP contribution in [0.25, 0.3) is 11.4 Å². The van der Waals surface area contributed by atoms with Crippen LogP contribution in [-0.4, -0.2) is 42.2 Å². The van der Waals surface area contributed by atoms with E-state index in [-0.39, 0.29) is 30.5 Å². The lowest BCUT2D eigenvalue weighted by atomic mass is 10.1. The molecule has 3 heterocycles. The topological polar surface area (TPSA) is 93.4 Å². The highest BCUT2D eigenvalue weighted by Crippen LogP contribution is 2.20. The minimum Gasteiger partial charge on any atom is -0.359 e. The number of sulfone groups is 1. The Morgan fingerprint density at radius 3 is 2.88 bits per heavy atom. The van der Waals surface area contributed by atoms with Crippen LogP contribution in [-0.2, 0) is 21.2 Å². The van der Waals surface area contributed by atoms with E-state index < -0.39 is 9.84 Å². The normalized spacial score (nSPS) is 18.6. The maximum Gasteiger partial charge on any atom is 0.223 e. The number of hydrogen-bond acceptors (Lipinski definition) is 6. The molecule has 126 valence electrons. The molecule has 1 aliphatic heterocycles. The highest BCUT2D eigenvalue weighted by Gasteiger charge is 2.25. The van der Waals surface area contributed by atoms with Gasteiger partial charge in [0, 0.05) is 37.1 Å². The van der Waals surface area contributed by atoms with Crippen LogP contribution in [0.5, 0.6) is 0 Å². The first-order valence-corrected chi connectivity index (χ1v) is 9.16. The fourth-order valence-electron chi connectivity index (χ4n) is 2.49. The van der Waals surface area contributed by atoms with E-state index in [1.807, 2.05) is 18.2 Å². The highest BCUT2D eigenvalue weighted by atomic mass is 32.2. The predicted molar refractivity (Wildman–Crippen MR) is 87.2 cm³/mol. The van der Waals surface area contributed by atoms with Gasteiger partial charge in [0.05, 0.1) is 18.0 Å². The van der Waals surface area contributed by atoms with Crippen molar-refractivity contribution in [2.75, 3.05) is 12.8 Å². The summed E-state index contributed by atoms with van der Waals surface area (Å²) in [5.41, 5.74) is 1.30. The van der Waals surface area contributed by atoms with E-state index in [0.717, 1.165) is 0 Å². The van der Waals surface area contributed by atoms with Crippen molar-refractivity contribution in [2.45, 2.75) is 13.0 Å². The van der Waals surface area contributed by atoms with Crippen LogP contribution < -0.4 is 0 Å². The number of aromatic nitrogens is 2. The Morgan fingerprint density at radius 1 is 1.38 bits per heavy atom. The molecule has 1 aliphatic rings. The standard InChI is InChI=1S/C16H17N3O4S/c1-19(16(20)8-12-5-7-24(21,22)11-12)10-13-9-15(18-23-13)14-4-2-3-6-17-14/h2-7,9,12H,8,10-11H2,1H3/t12-/m0/s1. The zero-order valence-corrected chi connectivity index (χ0v) is 13.9. The molecule has 0 aromatic carbocycles. The summed E-state index contributed by atoms with van der Waals surface area (Å²) < 4.78 is 28.0. The first-order valence-electron chi connectivity index (χ1n) is 7.45. The smallest absolute Gasteiger partial charge is 0.223 e. The quantitative estimate of drug-likeness (QED) is 0.816. The van der Waals surface area contributed by atoms with Crippen LogP contribution in [0.4, 0.5) is 0 Å². The number of nitrogens with zero attached hydrogens (tertiary/aromatic N) is 3. The average Bonchev–Trinajstić information content (AvgIpc) is 3.14. The zero-order valence-electron chi connectivity index (χ0n) is 13.1. The van der Waals surface area contributed by atoms with Crippen molar-refractivity contribution in [3.63, 3.8) is 0 Å². The maximum atomic E-state index is 12.2. The molecule has 2 aromatic heterocycles. The highest BCUT2D eigenvalue weighted by molar-refractivity contribution is 7.94. The van der Waals surface area contributed by atoms with E-state index in [4.69, 9.17) is 4.52 Å². The van der Waals surface area contributed by atoms with Gasteiger partial charge in [0.25, 0.3) is 0 Å². The van der Waals surface area contributed by atoms with Gasteiger partial charge in [-0.1, -0.05) is 17.3 Å². The van der Waals surface area contributed by atoms with Crippen LogP contribution in [0.15, 0.2) is 46.5 Å². The molecule has 0 radical (unpaired) electrons. The van der Waals surface area contributed by atoms with Crippen molar-refractivity contribution in [2.24, 2.45) is 5.92 Å². The van der Waals surface area contributed by atoms with E-state index in [1.54, 1.807) is 25.4 Å². The molecule has 0 aliphatic carbocycles. The van der Waals surface area contributed by atoms with Gasteiger partial charge < -0.3 is 9.42 Å². The third kappa shape index (κ3) is 3.88.